The lowest BCUT2D eigenvalue weighted by Crippen LogP contribution is -2.26. The molecule has 5 nitrogen and oxygen atoms in total. The van der Waals surface area contributed by atoms with E-state index in [2.05, 4.69) is 5.32 Å². The van der Waals surface area contributed by atoms with Crippen LogP contribution in [-0.4, -0.2) is 29.6 Å². The molecule has 0 fully saturated rings. The molecular formula is C8H16N2O3. The standard InChI is InChI=1S/C8H16N2O3/c1-6(11)10-4-2-3-7(9)5-8(12)13/h7H,2-5,9H2,1H3,(H,10,11)(H,12,13). The molecule has 0 rings (SSSR count). The molecule has 0 aromatic heterocycles. The molecule has 1 atom stereocenters. The summed E-state index contributed by atoms with van der Waals surface area (Å²) in [5, 5.41) is 11.0. The number of nitrogens with two attached hydrogens (primary N) is 1. The maximum Gasteiger partial charge on any atom is 0.304 e. The van der Waals surface area contributed by atoms with Gasteiger partial charge in [0.05, 0.1) is 6.42 Å². The topological polar surface area (TPSA) is 92.4 Å². The summed E-state index contributed by atoms with van der Waals surface area (Å²) in [4.78, 5) is 20.6. The number of nitrogens with one attached hydrogen (secondary N) is 1. The fourth-order valence-corrected chi connectivity index (χ4v) is 0.955. The number of carbonyl (C=O) groups excluding carboxylic acids is 1. The van der Waals surface area contributed by atoms with Gasteiger partial charge in [-0.05, 0) is 12.8 Å². The van der Waals surface area contributed by atoms with Crippen LogP contribution in [0.15, 0.2) is 0 Å². The van der Waals surface area contributed by atoms with Crippen LogP contribution in [0.5, 0.6) is 0 Å². The first-order valence-electron chi connectivity index (χ1n) is 4.24. The van der Waals surface area contributed by atoms with Crippen molar-refractivity contribution in [3.05, 3.63) is 0 Å². The minimum absolute atomic E-state index is 0.0138. The number of carbonyl (C=O) groups is 2. The Morgan fingerprint density at radius 1 is 1.54 bits per heavy atom. The zero-order valence-electron chi connectivity index (χ0n) is 7.75. The van der Waals surface area contributed by atoms with Gasteiger partial charge in [0.25, 0.3) is 0 Å². The normalized spacial score (nSPS) is 12.2. The van der Waals surface area contributed by atoms with Crippen LogP contribution in [0.4, 0.5) is 0 Å². The third kappa shape index (κ3) is 8.81. The van der Waals surface area contributed by atoms with Crippen LogP contribution in [0.25, 0.3) is 0 Å². The Labute approximate surface area is 77.3 Å². The number of amides is 1. The Hall–Kier alpha value is -1.10. The molecule has 0 spiro atoms. The second kappa shape index (κ2) is 6.42. The third-order valence-electron chi connectivity index (χ3n) is 1.56. The number of aliphatic carboxylic acids is 1. The van der Waals surface area contributed by atoms with E-state index in [0.717, 1.165) is 0 Å². The summed E-state index contributed by atoms with van der Waals surface area (Å²) in [7, 11) is 0. The Balaban J connectivity index is 3.31. The molecule has 0 aromatic rings. The van der Waals surface area contributed by atoms with E-state index in [1.54, 1.807) is 0 Å². The predicted molar refractivity (Wildman–Crippen MR) is 48.1 cm³/mol. The molecular weight excluding hydrogens is 172 g/mol. The SMILES string of the molecule is CC(=O)NCCCC(N)CC(=O)O. The Morgan fingerprint density at radius 2 is 2.15 bits per heavy atom. The van der Waals surface area contributed by atoms with Gasteiger partial charge < -0.3 is 16.2 Å². The van der Waals surface area contributed by atoms with Gasteiger partial charge in [0.2, 0.25) is 5.91 Å². The van der Waals surface area contributed by atoms with E-state index in [-0.39, 0.29) is 18.4 Å². The van der Waals surface area contributed by atoms with Crippen molar-refractivity contribution >= 4 is 11.9 Å². The van der Waals surface area contributed by atoms with Gasteiger partial charge >= 0.3 is 5.97 Å². The van der Waals surface area contributed by atoms with Crippen LogP contribution >= 0.6 is 0 Å². The molecule has 0 saturated carbocycles. The molecule has 0 aliphatic heterocycles. The van der Waals surface area contributed by atoms with E-state index in [1.165, 1.54) is 6.92 Å². The smallest absolute Gasteiger partial charge is 0.304 e. The summed E-state index contributed by atoms with van der Waals surface area (Å²) in [5.41, 5.74) is 5.50. The molecule has 1 amide bonds. The van der Waals surface area contributed by atoms with Crippen LogP contribution in [0.1, 0.15) is 26.2 Å². The van der Waals surface area contributed by atoms with Crippen molar-refractivity contribution in [2.75, 3.05) is 6.54 Å². The van der Waals surface area contributed by atoms with Crippen molar-refractivity contribution < 1.29 is 14.7 Å². The van der Waals surface area contributed by atoms with Gasteiger partial charge in [0.15, 0.2) is 0 Å². The van der Waals surface area contributed by atoms with E-state index >= 15 is 0 Å². The summed E-state index contributed by atoms with van der Waals surface area (Å²) in [6.07, 6.45) is 1.32. The molecule has 0 aromatic carbocycles. The lowest BCUT2D eigenvalue weighted by atomic mass is 10.1. The van der Waals surface area contributed by atoms with E-state index in [0.29, 0.717) is 19.4 Å². The maximum atomic E-state index is 10.4. The third-order valence-corrected chi connectivity index (χ3v) is 1.56. The van der Waals surface area contributed by atoms with Crippen molar-refractivity contribution in [3.63, 3.8) is 0 Å². The fourth-order valence-electron chi connectivity index (χ4n) is 0.955. The van der Waals surface area contributed by atoms with E-state index in [4.69, 9.17) is 10.8 Å². The van der Waals surface area contributed by atoms with E-state index in [9.17, 15) is 9.59 Å². The molecule has 0 bridgehead atoms. The number of rotatable bonds is 6. The molecule has 0 saturated heterocycles. The Bertz CT molecular complexity index is 182. The predicted octanol–water partition coefficient (Wildman–Crippen LogP) is -0.295. The van der Waals surface area contributed by atoms with Gasteiger partial charge in [-0.1, -0.05) is 0 Å². The number of carboxylic acid groups (broad SMARTS) is 1. The maximum absolute atomic E-state index is 10.4. The first-order chi connectivity index (χ1) is 6.02. The van der Waals surface area contributed by atoms with Crippen LogP contribution in [-0.2, 0) is 9.59 Å². The largest absolute Gasteiger partial charge is 0.481 e. The molecule has 0 heterocycles. The first-order valence-corrected chi connectivity index (χ1v) is 4.24. The van der Waals surface area contributed by atoms with Crippen molar-refractivity contribution in [2.45, 2.75) is 32.2 Å². The molecule has 5 heteroatoms. The zero-order chi connectivity index (χ0) is 10.3. The lowest BCUT2D eigenvalue weighted by molar-refractivity contribution is -0.137. The second-order valence-electron chi connectivity index (χ2n) is 2.98. The molecule has 0 aliphatic rings. The Kier molecular flexibility index (Phi) is 5.88. The van der Waals surface area contributed by atoms with Gasteiger partial charge in [-0.3, -0.25) is 9.59 Å². The van der Waals surface area contributed by atoms with Crippen LogP contribution in [0.3, 0.4) is 0 Å². The number of hydrogen-bond acceptors (Lipinski definition) is 3. The van der Waals surface area contributed by atoms with E-state index < -0.39 is 5.97 Å². The highest BCUT2D eigenvalue weighted by atomic mass is 16.4. The van der Waals surface area contributed by atoms with Gasteiger partial charge in [0, 0.05) is 19.5 Å². The number of hydrogen-bond donors (Lipinski definition) is 3. The lowest BCUT2D eigenvalue weighted by Gasteiger charge is -2.08. The second-order valence-corrected chi connectivity index (χ2v) is 2.98. The van der Waals surface area contributed by atoms with Crippen molar-refractivity contribution in [2.24, 2.45) is 5.73 Å². The summed E-state index contributed by atoms with van der Waals surface area (Å²) in [5.74, 6) is -0.959. The van der Waals surface area contributed by atoms with Crippen molar-refractivity contribution in [3.8, 4) is 0 Å². The highest BCUT2D eigenvalue weighted by molar-refractivity contribution is 5.72. The summed E-state index contributed by atoms with van der Waals surface area (Å²) >= 11 is 0. The minimum Gasteiger partial charge on any atom is -0.481 e. The monoisotopic (exact) mass is 188 g/mol. The molecule has 4 N–H and O–H groups in total. The molecule has 76 valence electrons. The summed E-state index contributed by atoms with van der Waals surface area (Å²) < 4.78 is 0. The molecule has 0 aliphatic carbocycles. The Morgan fingerprint density at radius 3 is 2.62 bits per heavy atom. The quantitative estimate of drug-likeness (QED) is 0.499. The molecule has 1 unspecified atom stereocenters. The minimum atomic E-state index is -0.882. The number of carboxylic acids is 1. The van der Waals surface area contributed by atoms with Crippen molar-refractivity contribution in [1.29, 1.82) is 0 Å². The zero-order valence-corrected chi connectivity index (χ0v) is 7.75. The van der Waals surface area contributed by atoms with Gasteiger partial charge in [0.1, 0.15) is 0 Å². The van der Waals surface area contributed by atoms with Crippen LogP contribution in [0, 0.1) is 0 Å². The van der Waals surface area contributed by atoms with Gasteiger partial charge in [-0.2, -0.15) is 0 Å². The van der Waals surface area contributed by atoms with Crippen LogP contribution < -0.4 is 11.1 Å². The van der Waals surface area contributed by atoms with E-state index in [1.807, 2.05) is 0 Å². The van der Waals surface area contributed by atoms with Crippen LogP contribution in [0.2, 0.25) is 0 Å². The van der Waals surface area contributed by atoms with Crippen molar-refractivity contribution in [1.82, 2.24) is 5.32 Å². The average Bonchev–Trinajstić information content (AvgIpc) is 1.96. The molecule has 13 heavy (non-hydrogen) atoms. The molecule has 0 radical (unpaired) electrons. The summed E-state index contributed by atoms with van der Waals surface area (Å²) in [6, 6.07) is -0.314. The highest BCUT2D eigenvalue weighted by Crippen LogP contribution is 1.97. The average molecular weight is 188 g/mol. The summed E-state index contributed by atoms with van der Waals surface area (Å²) in [6.45, 7) is 2.00. The highest BCUT2D eigenvalue weighted by Gasteiger charge is 2.06. The van der Waals surface area contributed by atoms with Gasteiger partial charge in [-0.15, -0.1) is 0 Å². The van der Waals surface area contributed by atoms with Gasteiger partial charge in [-0.25, -0.2) is 0 Å². The first kappa shape index (κ1) is 11.9. The fraction of sp³-hybridized carbons (Fsp3) is 0.750.